The molecule has 0 fully saturated rings. The number of carbonyl (C=O) groups excluding carboxylic acids is 1. The van der Waals surface area contributed by atoms with Gasteiger partial charge in [-0.2, -0.15) is 0 Å². The molecule has 1 amide bonds. The Morgan fingerprint density at radius 3 is 2.74 bits per heavy atom. The molecule has 2 aromatic carbocycles. The van der Waals surface area contributed by atoms with Gasteiger partial charge in [0.1, 0.15) is 13.2 Å². The molecule has 1 aliphatic heterocycles. The van der Waals surface area contributed by atoms with E-state index in [1.54, 1.807) is 18.2 Å². The van der Waals surface area contributed by atoms with Gasteiger partial charge in [-0.05, 0) is 43.3 Å². The predicted octanol–water partition coefficient (Wildman–Crippen LogP) is 4.23. The minimum atomic E-state index is -0.253. The van der Waals surface area contributed by atoms with Crippen molar-refractivity contribution >= 4 is 35.0 Å². The summed E-state index contributed by atoms with van der Waals surface area (Å²) in [5.74, 6) is 1.40. The summed E-state index contributed by atoms with van der Waals surface area (Å²) in [6.07, 6.45) is 0. The second-order valence-corrected chi connectivity index (χ2v) is 6.92. The van der Waals surface area contributed by atoms with Gasteiger partial charge in [0, 0.05) is 15.6 Å². The number of hydrogen-bond acceptors (Lipinski definition) is 4. The molecule has 0 saturated carbocycles. The molecule has 2 aromatic rings. The van der Waals surface area contributed by atoms with E-state index < -0.39 is 0 Å². The normalized spacial score (nSPS) is 14.2. The number of carbonyl (C=O) groups is 1. The number of halogens is 1. The maximum absolute atomic E-state index is 12.3. The molecular formula is C17H16ClNO3S. The molecule has 4 nitrogen and oxygen atoms in total. The standard InChI is InChI=1S/C17H16ClNO3S/c1-11(17(20)19-13-4-2-3-12(18)9-13)23-14-5-6-15-16(10-14)22-8-7-21-15/h2-6,9-11H,7-8H2,1H3,(H,19,20)/t11-/m0/s1. The van der Waals surface area contributed by atoms with Crippen LogP contribution in [-0.2, 0) is 4.79 Å². The van der Waals surface area contributed by atoms with Crippen molar-refractivity contribution in [1.82, 2.24) is 0 Å². The predicted molar refractivity (Wildman–Crippen MR) is 92.8 cm³/mol. The van der Waals surface area contributed by atoms with Gasteiger partial charge in [0.25, 0.3) is 0 Å². The van der Waals surface area contributed by atoms with E-state index >= 15 is 0 Å². The molecule has 0 unspecified atom stereocenters. The fourth-order valence-corrected chi connectivity index (χ4v) is 3.25. The number of hydrogen-bond donors (Lipinski definition) is 1. The zero-order chi connectivity index (χ0) is 16.2. The van der Waals surface area contributed by atoms with Crippen LogP contribution in [0.25, 0.3) is 0 Å². The van der Waals surface area contributed by atoms with E-state index in [2.05, 4.69) is 5.32 Å². The summed E-state index contributed by atoms with van der Waals surface area (Å²) >= 11 is 7.39. The lowest BCUT2D eigenvalue weighted by Gasteiger charge is -2.19. The first-order chi connectivity index (χ1) is 11.1. The van der Waals surface area contributed by atoms with Crippen molar-refractivity contribution < 1.29 is 14.3 Å². The Balaban J connectivity index is 1.64. The number of rotatable bonds is 4. The van der Waals surface area contributed by atoms with Gasteiger partial charge in [0.15, 0.2) is 11.5 Å². The van der Waals surface area contributed by atoms with Crippen molar-refractivity contribution in [2.75, 3.05) is 18.5 Å². The third-order valence-corrected chi connectivity index (χ3v) is 4.62. The highest BCUT2D eigenvalue weighted by Crippen LogP contribution is 2.35. The van der Waals surface area contributed by atoms with Gasteiger partial charge in [-0.25, -0.2) is 0 Å². The Morgan fingerprint density at radius 2 is 1.96 bits per heavy atom. The van der Waals surface area contributed by atoms with Gasteiger partial charge in [0.2, 0.25) is 5.91 Å². The number of thioether (sulfide) groups is 1. The van der Waals surface area contributed by atoms with Gasteiger partial charge in [-0.3, -0.25) is 4.79 Å². The zero-order valence-corrected chi connectivity index (χ0v) is 14.1. The Morgan fingerprint density at radius 1 is 1.17 bits per heavy atom. The Hall–Kier alpha value is -1.85. The maximum Gasteiger partial charge on any atom is 0.237 e. The first-order valence-corrected chi connectivity index (χ1v) is 8.50. The number of anilines is 1. The van der Waals surface area contributed by atoms with E-state index in [1.165, 1.54) is 11.8 Å². The molecule has 120 valence electrons. The van der Waals surface area contributed by atoms with Gasteiger partial charge < -0.3 is 14.8 Å². The van der Waals surface area contributed by atoms with E-state index in [0.717, 1.165) is 16.4 Å². The largest absolute Gasteiger partial charge is 0.486 e. The summed E-state index contributed by atoms with van der Waals surface area (Å²) in [6.45, 7) is 2.98. The van der Waals surface area contributed by atoms with Gasteiger partial charge >= 0.3 is 0 Å². The second kappa shape index (κ2) is 7.15. The van der Waals surface area contributed by atoms with Crippen LogP contribution in [-0.4, -0.2) is 24.4 Å². The highest BCUT2D eigenvalue weighted by atomic mass is 35.5. The summed E-state index contributed by atoms with van der Waals surface area (Å²) in [6, 6.07) is 12.8. The van der Waals surface area contributed by atoms with Crippen molar-refractivity contribution in [3.8, 4) is 11.5 Å². The van der Waals surface area contributed by atoms with Crippen LogP contribution in [0.1, 0.15) is 6.92 Å². The third kappa shape index (κ3) is 4.12. The SMILES string of the molecule is C[C@H](Sc1ccc2c(c1)OCCO2)C(=O)Nc1cccc(Cl)c1. The molecule has 1 N–H and O–H groups in total. The minimum Gasteiger partial charge on any atom is -0.486 e. The van der Waals surface area contributed by atoms with Crippen LogP contribution in [0.4, 0.5) is 5.69 Å². The molecule has 0 aromatic heterocycles. The van der Waals surface area contributed by atoms with E-state index in [1.807, 2.05) is 31.2 Å². The molecule has 6 heteroatoms. The fourth-order valence-electron chi connectivity index (χ4n) is 2.16. The van der Waals surface area contributed by atoms with Crippen LogP contribution in [0.3, 0.4) is 0 Å². The van der Waals surface area contributed by atoms with Crippen LogP contribution in [0, 0.1) is 0 Å². The number of fused-ring (bicyclic) bond motifs is 1. The second-order valence-electron chi connectivity index (χ2n) is 5.07. The highest BCUT2D eigenvalue weighted by Gasteiger charge is 2.17. The Kier molecular flexibility index (Phi) is 4.98. The first-order valence-electron chi connectivity index (χ1n) is 7.24. The smallest absolute Gasteiger partial charge is 0.237 e. The summed E-state index contributed by atoms with van der Waals surface area (Å²) in [4.78, 5) is 13.2. The highest BCUT2D eigenvalue weighted by molar-refractivity contribution is 8.00. The number of nitrogens with one attached hydrogen (secondary N) is 1. The zero-order valence-electron chi connectivity index (χ0n) is 12.5. The molecule has 0 aliphatic carbocycles. The molecule has 0 bridgehead atoms. The molecule has 0 spiro atoms. The van der Waals surface area contributed by atoms with Crippen molar-refractivity contribution in [3.63, 3.8) is 0 Å². The molecule has 0 saturated heterocycles. The quantitative estimate of drug-likeness (QED) is 0.839. The first kappa shape index (κ1) is 16.0. The van der Waals surface area contributed by atoms with E-state index in [9.17, 15) is 4.79 Å². The van der Waals surface area contributed by atoms with Gasteiger partial charge in [-0.15, -0.1) is 11.8 Å². The lowest BCUT2D eigenvalue weighted by molar-refractivity contribution is -0.115. The van der Waals surface area contributed by atoms with Crippen molar-refractivity contribution in [1.29, 1.82) is 0 Å². The van der Waals surface area contributed by atoms with Crippen LogP contribution in [0.15, 0.2) is 47.4 Å². The third-order valence-electron chi connectivity index (χ3n) is 3.29. The maximum atomic E-state index is 12.3. The van der Waals surface area contributed by atoms with E-state index in [-0.39, 0.29) is 11.2 Å². The molecular weight excluding hydrogens is 334 g/mol. The average molecular weight is 350 g/mol. The van der Waals surface area contributed by atoms with Crippen LogP contribution in [0.5, 0.6) is 11.5 Å². The van der Waals surface area contributed by atoms with Crippen molar-refractivity contribution in [2.45, 2.75) is 17.1 Å². The molecule has 23 heavy (non-hydrogen) atoms. The van der Waals surface area contributed by atoms with Crippen LogP contribution >= 0.6 is 23.4 Å². The Bertz CT molecular complexity index is 723. The number of ether oxygens (including phenoxy) is 2. The topological polar surface area (TPSA) is 47.6 Å². The van der Waals surface area contributed by atoms with Crippen LogP contribution in [0.2, 0.25) is 5.02 Å². The monoisotopic (exact) mass is 349 g/mol. The summed E-state index contributed by atoms with van der Waals surface area (Å²) in [5, 5.41) is 3.20. The molecule has 0 radical (unpaired) electrons. The van der Waals surface area contributed by atoms with E-state index in [4.69, 9.17) is 21.1 Å². The number of benzene rings is 2. The van der Waals surface area contributed by atoms with Crippen molar-refractivity contribution in [3.05, 3.63) is 47.5 Å². The van der Waals surface area contributed by atoms with Gasteiger partial charge in [0.05, 0.1) is 5.25 Å². The lowest BCUT2D eigenvalue weighted by Crippen LogP contribution is -2.22. The molecule has 1 heterocycles. The summed E-state index contributed by atoms with van der Waals surface area (Å²) in [5.41, 5.74) is 0.692. The number of amides is 1. The van der Waals surface area contributed by atoms with Crippen LogP contribution < -0.4 is 14.8 Å². The minimum absolute atomic E-state index is 0.0767. The molecule has 1 atom stereocenters. The average Bonchev–Trinajstić information content (AvgIpc) is 2.54. The molecule has 1 aliphatic rings. The van der Waals surface area contributed by atoms with E-state index in [0.29, 0.717) is 23.9 Å². The molecule has 3 rings (SSSR count). The summed E-state index contributed by atoms with van der Waals surface area (Å²) < 4.78 is 11.1. The Labute approximate surface area is 144 Å². The fraction of sp³-hybridized carbons (Fsp3) is 0.235. The van der Waals surface area contributed by atoms with Gasteiger partial charge in [-0.1, -0.05) is 17.7 Å². The lowest BCUT2D eigenvalue weighted by atomic mass is 10.3. The summed E-state index contributed by atoms with van der Waals surface area (Å²) in [7, 11) is 0. The van der Waals surface area contributed by atoms with Crippen molar-refractivity contribution in [2.24, 2.45) is 0 Å².